The number of nitrogens with one attached hydrogen (secondary N) is 1. The molecule has 2 rings (SSSR count). The number of ether oxygens (including phenoxy) is 1. The molecule has 1 aromatic carbocycles. The fraction of sp³-hybridized carbons (Fsp3) is 0.455. The van der Waals surface area contributed by atoms with Gasteiger partial charge in [-0.05, 0) is 25.8 Å². The number of halogens is 3. The number of rotatable bonds is 2. The zero-order valence-electron chi connectivity index (χ0n) is 8.60. The summed E-state index contributed by atoms with van der Waals surface area (Å²) < 4.78 is 5.73. The molecule has 0 aromatic heterocycles. The first-order chi connectivity index (χ1) is 7.66. The van der Waals surface area contributed by atoms with Crippen molar-refractivity contribution in [3.05, 3.63) is 27.2 Å². The monoisotopic (exact) mass is 279 g/mol. The van der Waals surface area contributed by atoms with Crippen LogP contribution in [0.1, 0.15) is 19.3 Å². The second kappa shape index (κ2) is 5.46. The number of piperidine rings is 1. The molecule has 0 aliphatic carbocycles. The van der Waals surface area contributed by atoms with E-state index >= 15 is 0 Å². The van der Waals surface area contributed by atoms with Gasteiger partial charge in [0.25, 0.3) is 0 Å². The topological polar surface area (TPSA) is 21.3 Å². The molecule has 16 heavy (non-hydrogen) atoms. The highest BCUT2D eigenvalue weighted by Crippen LogP contribution is 2.34. The van der Waals surface area contributed by atoms with E-state index in [9.17, 15) is 0 Å². The van der Waals surface area contributed by atoms with Gasteiger partial charge in [0.05, 0.1) is 15.1 Å². The maximum absolute atomic E-state index is 5.92. The highest BCUT2D eigenvalue weighted by Gasteiger charge is 2.15. The van der Waals surface area contributed by atoms with E-state index in [4.69, 9.17) is 39.5 Å². The summed E-state index contributed by atoms with van der Waals surface area (Å²) >= 11 is 17.7. The Morgan fingerprint density at radius 2 is 1.81 bits per heavy atom. The predicted octanol–water partition coefficient (Wildman–Crippen LogP) is 4.13. The maximum Gasteiger partial charge on any atom is 0.150 e. The summed E-state index contributed by atoms with van der Waals surface area (Å²) in [5.41, 5.74) is 0. The van der Waals surface area contributed by atoms with Crippen LogP contribution in [0, 0.1) is 0 Å². The average molecular weight is 281 g/mol. The quantitative estimate of drug-likeness (QED) is 0.823. The third kappa shape index (κ3) is 2.95. The Balaban J connectivity index is 2.09. The van der Waals surface area contributed by atoms with Gasteiger partial charge in [0.1, 0.15) is 12.0 Å². The van der Waals surface area contributed by atoms with Crippen LogP contribution in [0.4, 0.5) is 0 Å². The lowest BCUT2D eigenvalue weighted by Crippen LogP contribution is -2.38. The summed E-state index contributed by atoms with van der Waals surface area (Å²) in [7, 11) is 0. The lowest BCUT2D eigenvalue weighted by molar-refractivity contribution is 0.132. The minimum atomic E-state index is 0.0436. The van der Waals surface area contributed by atoms with E-state index in [0.29, 0.717) is 20.8 Å². The lowest BCUT2D eigenvalue weighted by atomic mass is 10.1. The van der Waals surface area contributed by atoms with Gasteiger partial charge in [-0.25, -0.2) is 0 Å². The number of hydrogen-bond donors (Lipinski definition) is 1. The van der Waals surface area contributed by atoms with Crippen molar-refractivity contribution in [2.75, 3.05) is 6.54 Å². The first-order valence-corrected chi connectivity index (χ1v) is 6.35. The van der Waals surface area contributed by atoms with E-state index in [1.54, 1.807) is 12.1 Å². The molecule has 0 saturated carbocycles. The summed E-state index contributed by atoms with van der Waals surface area (Å²) in [4.78, 5) is 0. The Labute approximate surface area is 110 Å². The highest BCUT2D eigenvalue weighted by molar-refractivity contribution is 6.48. The minimum absolute atomic E-state index is 0.0436. The van der Waals surface area contributed by atoms with E-state index < -0.39 is 0 Å². The predicted molar refractivity (Wildman–Crippen MR) is 67.7 cm³/mol. The Kier molecular flexibility index (Phi) is 4.20. The molecule has 1 heterocycles. The van der Waals surface area contributed by atoms with Gasteiger partial charge in [-0.1, -0.05) is 34.8 Å². The van der Waals surface area contributed by atoms with E-state index in [0.717, 1.165) is 13.0 Å². The van der Waals surface area contributed by atoms with Crippen molar-refractivity contribution in [3.8, 4) is 5.75 Å². The Morgan fingerprint density at radius 3 is 2.38 bits per heavy atom. The second-order valence-corrected chi connectivity index (χ2v) is 4.95. The van der Waals surface area contributed by atoms with Crippen LogP contribution >= 0.6 is 34.8 Å². The van der Waals surface area contributed by atoms with Gasteiger partial charge >= 0.3 is 0 Å². The van der Waals surface area contributed by atoms with Gasteiger partial charge in [0.2, 0.25) is 0 Å². The van der Waals surface area contributed by atoms with Crippen molar-refractivity contribution < 1.29 is 4.74 Å². The van der Waals surface area contributed by atoms with E-state index in [2.05, 4.69) is 5.32 Å². The molecular formula is C11H12Cl3NO. The molecule has 1 aromatic rings. The Morgan fingerprint density at radius 1 is 1.12 bits per heavy atom. The van der Waals surface area contributed by atoms with Crippen molar-refractivity contribution in [2.45, 2.75) is 25.5 Å². The van der Waals surface area contributed by atoms with Crippen LogP contribution in [0.5, 0.6) is 5.75 Å². The fourth-order valence-corrected chi connectivity index (χ4v) is 2.26. The molecule has 0 radical (unpaired) electrons. The lowest BCUT2D eigenvalue weighted by Gasteiger charge is -2.24. The maximum atomic E-state index is 5.92. The molecule has 1 saturated heterocycles. The summed E-state index contributed by atoms with van der Waals surface area (Å²) in [5.74, 6) is 0.652. The van der Waals surface area contributed by atoms with Crippen molar-refractivity contribution >= 4 is 34.8 Å². The van der Waals surface area contributed by atoms with Gasteiger partial charge in [-0.2, -0.15) is 0 Å². The molecule has 0 bridgehead atoms. The molecule has 1 unspecified atom stereocenters. The average Bonchev–Trinajstić information content (AvgIpc) is 2.27. The molecule has 2 nitrogen and oxygen atoms in total. The minimum Gasteiger partial charge on any atom is -0.475 e. The standard InChI is InChI=1S/C11H12Cl3NO/c12-8-5-7(6-9(13)11(8)14)16-10-3-1-2-4-15-10/h5-6,10,15H,1-4H2. The van der Waals surface area contributed by atoms with Crippen molar-refractivity contribution in [2.24, 2.45) is 0 Å². The van der Waals surface area contributed by atoms with E-state index in [-0.39, 0.29) is 6.23 Å². The van der Waals surface area contributed by atoms with Gasteiger partial charge in [0, 0.05) is 12.1 Å². The molecule has 5 heteroatoms. The molecule has 1 N–H and O–H groups in total. The molecule has 0 amide bonds. The van der Waals surface area contributed by atoms with Crippen molar-refractivity contribution in [1.29, 1.82) is 0 Å². The molecule has 1 aliphatic rings. The molecule has 88 valence electrons. The third-order valence-electron chi connectivity index (χ3n) is 2.50. The smallest absolute Gasteiger partial charge is 0.150 e. The normalized spacial score (nSPS) is 20.8. The molecule has 0 spiro atoms. The van der Waals surface area contributed by atoms with Crippen LogP contribution in [-0.4, -0.2) is 12.8 Å². The van der Waals surface area contributed by atoms with Gasteiger partial charge < -0.3 is 4.74 Å². The largest absolute Gasteiger partial charge is 0.475 e. The highest BCUT2D eigenvalue weighted by atomic mass is 35.5. The number of hydrogen-bond acceptors (Lipinski definition) is 2. The molecule has 1 atom stereocenters. The SMILES string of the molecule is Clc1cc(OC2CCCCN2)cc(Cl)c1Cl. The zero-order valence-corrected chi connectivity index (χ0v) is 10.9. The van der Waals surface area contributed by atoms with E-state index in [1.807, 2.05) is 0 Å². The van der Waals surface area contributed by atoms with Crippen LogP contribution in [0.15, 0.2) is 12.1 Å². The second-order valence-electron chi connectivity index (χ2n) is 3.76. The number of benzene rings is 1. The van der Waals surface area contributed by atoms with E-state index in [1.165, 1.54) is 12.8 Å². The first-order valence-electron chi connectivity index (χ1n) is 5.21. The van der Waals surface area contributed by atoms with Crippen LogP contribution < -0.4 is 10.1 Å². The molecule has 1 fully saturated rings. The summed E-state index contributed by atoms with van der Waals surface area (Å²) in [6, 6.07) is 3.37. The van der Waals surface area contributed by atoms with Crippen LogP contribution in [0.2, 0.25) is 15.1 Å². The van der Waals surface area contributed by atoms with Crippen LogP contribution in [0.3, 0.4) is 0 Å². The van der Waals surface area contributed by atoms with Gasteiger partial charge in [-0.15, -0.1) is 0 Å². The van der Waals surface area contributed by atoms with Crippen molar-refractivity contribution in [1.82, 2.24) is 5.32 Å². The van der Waals surface area contributed by atoms with Gasteiger partial charge in [-0.3, -0.25) is 5.32 Å². The first kappa shape index (κ1) is 12.3. The van der Waals surface area contributed by atoms with Crippen LogP contribution in [0.25, 0.3) is 0 Å². The van der Waals surface area contributed by atoms with Crippen LogP contribution in [-0.2, 0) is 0 Å². The molecular weight excluding hydrogens is 268 g/mol. The third-order valence-corrected chi connectivity index (χ3v) is 3.70. The summed E-state index contributed by atoms with van der Waals surface area (Å²) in [6.07, 6.45) is 3.41. The Bertz CT molecular complexity index is 354. The summed E-state index contributed by atoms with van der Waals surface area (Å²) in [6.45, 7) is 0.986. The Hall–Kier alpha value is -0.150. The zero-order chi connectivity index (χ0) is 11.5. The van der Waals surface area contributed by atoms with Gasteiger partial charge in [0.15, 0.2) is 0 Å². The fourth-order valence-electron chi connectivity index (χ4n) is 1.69. The summed E-state index contributed by atoms with van der Waals surface area (Å²) in [5, 5.41) is 4.48. The van der Waals surface area contributed by atoms with Crippen molar-refractivity contribution in [3.63, 3.8) is 0 Å². The molecule has 1 aliphatic heterocycles.